The molecule has 0 bridgehead atoms. The first-order valence-corrected chi connectivity index (χ1v) is 7.45. The maximum absolute atomic E-state index is 12.2. The highest BCUT2D eigenvalue weighted by molar-refractivity contribution is 9.10. The summed E-state index contributed by atoms with van der Waals surface area (Å²) in [6.45, 7) is 5.83. The summed E-state index contributed by atoms with van der Waals surface area (Å²) in [6, 6.07) is 8.91. The predicted octanol–water partition coefficient (Wildman–Crippen LogP) is 4.19. The molecule has 0 unspecified atom stereocenters. The number of nitrogens with zero attached hydrogens (tertiary/aromatic N) is 1. The van der Waals surface area contributed by atoms with Gasteiger partial charge in [0.05, 0.1) is 6.10 Å². The number of nitrogens with one attached hydrogen (secondary N) is 1. The molecule has 1 heterocycles. The summed E-state index contributed by atoms with van der Waals surface area (Å²) in [5, 5.41) is 2.78. The summed E-state index contributed by atoms with van der Waals surface area (Å²) in [4.78, 5) is 16.4. The Balaban J connectivity index is 2.14. The summed E-state index contributed by atoms with van der Waals surface area (Å²) in [5.41, 5.74) is 1.55. The van der Waals surface area contributed by atoms with Crippen LogP contribution >= 0.6 is 15.9 Å². The first-order valence-electron chi connectivity index (χ1n) is 6.66. The monoisotopic (exact) mass is 348 g/mol. The number of carbonyl (C=O) groups is 1. The van der Waals surface area contributed by atoms with Crippen molar-refractivity contribution in [2.45, 2.75) is 26.9 Å². The lowest BCUT2D eigenvalue weighted by Gasteiger charge is -2.11. The lowest BCUT2D eigenvalue weighted by atomic mass is 10.2. The summed E-state index contributed by atoms with van der Waals surface area (Å²) in [5.74, 6) is 0.993. The number of anilines is 1. The van der Waals surface area contributed by atoms with E-state index in [9.17, 15) is 4.79 Å². The van der Waals surface area contributed by atoms with Gasteiger partial charge in [-0.1, -0.05) is 6.07 Å². The number of hydrogen-bond acceptors (Lipinski definition) is 3. The Labute approximate surface area is 132 Å². The zero-order valence-corrected chi connectivity index (χ0v) is 13.8. The molecule has 21 heavy (non-hydrogen) atoms. The lowest BCUT2D eigenvalue weighted by molar-refractivity contribution is 0.102. The fourth-order valence-electron chi connectivity index (χ4n) is 1.78. The van der Waals surface area contributed by atoms with Crippen LogP contribution in [0.25, 0.3) is 0 Å². The highest BCUT2D eigenvalue weighted by Crippen LogP contribution is 2.19. The third-order valence-electron chi connectivity index (χ3n) is 2.76. The Hall–Kier alpha value is -1.88. The predicted molar refractivity (Wildman–Crippen MR) is 86.8 cm³/mol. The SMILES string of the molecule is Cc1cc(NC(=O)c2cccc(OC(C)C)c2)ncc1Br. The highest BCUT2D eigenvalue weighted by Gasteiger charge is 2.09. The van der Waals surface area contributed by atoms with Crippen LogP contribution in [0.2, 0.25) is 0 Å². The first kappa shape index (κ1) is 15.5. The largest absolute Gasteiger partial charge is 0.491 e. The van der Waals surface area contributed by atoms with Gasteiger partial charge in [0.15, 0.2) is 0 Å². The molecule has 1 aromatic heterocycles. The standard InChI is InChI=1S/C16H17BrN2O2/c1-10(2)21-13-6-4-5-12(8-13)16(20)19-15-7-11(3)14(17)9-18-15/h4-10H,1-3H3,(H,18,19,20). The van der Waals surface area contributed by atoms with E-state index in [2.05, 4.69) is 26.2 Å². The molecule has 0 aliphatic rings. The van der Waals surface area contributed by atoms with Gasteiger partial charge < -0.3 is 10.1 Å². The van der Waals surface area contributed by atoms with Crippen LogP contribution in [0.4, 0.5) is 5.82 Å². The van der Waals surface area contributed by atoms with Crippen molar-refractivity contribution in [3.63, 3.8) is 0 Å². The van der Waals surface area contributed by atoms with Crippen LogP contribution in [-0.2, 0) is 0 Å². The van der Waals surface area contributed by atoms with E-state index in [1.165, 1.54) is 0 Å². The Bertz CT molecular complexity index is 656. The highest BCUT2D eigenvalue weighted by atomic mass is 79.9. The van der Waals surface area contributed by atoms with Crippen molar-refractivity contribution in [2.24, 2.45) is 0 Å². The molecule has 4 nitrogen and oxygen atoms in total. The maximum atomic E-state index is 12.2. The maximum Gasteiger partial charge on any atom is 0.256 e. The normalized spacial score (nSPS) is 10.5. The van der Waals surface area contributed by atoms with E-state index in [4.69, 9.17) is 4.74 Å². The molecule has 0 atom stereocenters. The molecule has 0 saturated carbocycles. The van der Waals surface area contributed by atoms with Gasteiger partial charge in [0.25, 0.3) is 5.91 Å². The molecule has 0 aliphatic carbocycles. The first-order chi connectivity index (χ1) is 9.95. The molecule has 0 aliphatic heterocycles. The van der Waals surface area contributed by atoms with Crippen LogP contribution in [0, 0.1) is 6.92 Å². The van der Waals surface area contributed by atoms with Crippen molar-refractivity contribution in [1.82, 2.24) is 4.98 Å². The molecule has 0 radical (unpaired) electrons. The van der Waals surface area contributed by atoms with E-state index in [1.54, 1.807) is 24.4 Å². The van der Waals surface area contributed by atoms with Crippen LogP contribution in [0.5, 0.6) is 5.75 Å². The molecule has 0 fully saturated rings. The quantitative estimate of drug-likeness (QED) is 0.900. The van der Waals surface area contributed by atoms with E-state index in [1.807, 2.05) is 32.9 Å². The van der Waals surface area contributed by atoms with Gasteiger partial charge in [-0.2, -0.15) is 0 Å². The molecule has 1 amide bonds. The number of ether oxygens (including phenoxy) is 1. The van der Waals surface area contributed by atoms with Crippen LogP contribution in [-0.4, -0.2) is 17.0 Å². The van der Waals surface area contributed by atoms with Crippen molar-refractivity contribution in [3.8, 4) is 5.75 Å². The minimum absolute atomic E-state index is 0.0686. The van der Waals surface area contributed by atoms with Gasteiger partial charge in [-0.15, -0.1) is 0 Å². The Morgan fingerprint density at radius 1 is 1.33 bits per heavy atom. The number of hydrogen-bond donors (Lipinski definition) is 1. The molecule has 5 heteroatoms. The van der Waals surface area contributed by atoms with Crippen LogP contribution < -0.4 is 10.1 Å². The summed E-state index contributed by atoms with van der Waals surface area (Å²) >= 11 is 3.38. The number of rotatable bonds is 4. The molecular formula is C16H17BrN2O2. The molecule has 0 spiro atoms. The Morgan fingerprint density at radius 3 is 2.76 bits per heavy atom. The zero-order chi connectivity index (χ0) is 15.4. The minimum atomic E-state index is -0.210. The molecule has 2 aromatic rings. The third kappa shape index (κ3) is 4.29. The second-order valence-corrected chi connectivity index (χ2v) is 5.82. The van der Waals surface area contributed by atoms with Crippen LogP contribution in [0.3, 0.4) is 0 Å². The number of aryl methyl sites for hydroxylation is 1. The topological polar surface area (TPSA) is 51.2 Å². The molecule has 0 saturated heterocycles. The Kier molecular flexibility index (Phi) is 4.96. The average Bonchev–Trinajstić information content (AvgIpc) is 2.42. The lowest BCUT2D eigenvalue weighted by Crippen LogP contribution is -2.13. The molecule has 2 rings (SSSR count). The fourth-order valence-corrected chi connectivity index (χ4v) is 2.00. The number of pyridine rings is 1. The van der Waals surface area contributed by atoms with Gasteiger partial charge in [-0.3, -0.25) is 4.79 Å². The van der Waals surface area contributed by atoms with E-state index in [0.29, 0.717) is 17.1 Å². The molecule has 1 aromatic carbocycles. The summed E-state index contributed by atoms with van der Waals surface area (Å²) < 4.78 is 6.50. The Morgan fingerprint density at radius 2 is 2.10 bits per heavy atom. The molecular weight excluding hydrogens is 332 g/mol. The van der Waals surface area contributed by atoms with Gasteiger partial charge in [0.1, 0.15) is 11.6 Å². The van der Waals surface area contributed by atoms with Gasteiger partial charge in [-0.05, 0) is 66.5 Å². The average molecular weight is 349 g/mol. The van der Waals surface area contributed by atoms with E-state index < -0.39 is 0 Å². The number of aromatic nitrogens is 1. The molecule has 1 N–H and O–H groups in total. The van der Waals surface area contributed by atoms with Crippen LogP contribution in [0.15, 0.2) is 41.0 Å². The van der Waals surface area contributed by atoms with Gasteiger partial charge in [0.2, 0.25) is 0 Å². The second kappa shape index (κ2) is 6.72. The van der Waals surface area contributed by atoms with Crippen molar-refractivity contribution in [3.05, 3.63) is 52.1 Å². The van der Waals surface area contributed by atoms with Crippen molar-refractivity contribution in [1.29, 1.82) is 0 Å². The number of carbonyl (C=O) groups excluding carboxylic acids is 1. The number of amides is 1. The molecule has 110 valence electrons. The van der Waals surface area contributed by atoms with Gasteiger partial charge in [0, 0.05) is 16.2 Å². The summed E-state index contributed by atoms with van der Waals surface area (Å²) in [7, 11) is 0. The number of halogens is 1. The minimum Gasteiger partial charge on any atom is -0.491 e. The second-order valence-electron chi connectivity index (χ2n) is 4.97. The van der Waals surface area contributed by atoms with E-state index >= 15 is 0 Å². The van der Waals surface area contributed by atoms with Gasteiger partial charge >= 0.3 is 0 Å². The van der Waals surface area contributed by atoms with E-state index in [-0.39, 0.29) is 12.0 Å². The zero-order valence-electron chi connectivity index (χ0n) is 12.2. The van der Waals surface area contributed by atoms with Crippen LogP contribution in [0.1, 0.15) is 29.8 Å². The fraction of sp³-hybridized carbons (Fsp3) is 0.250. The van der Waals surface area contributed by atoms with E-state index in [0.717, 1.165) is 10.0 Å². The third-order valence-corrected chi connectivity index (χ3v) is 3.59. The van der Waals surface area contributed by atoms with Gasteiger partial charge in [-0.25, -0.2) is 4.98 Å². The smallest absolute Gasteiger partial charge is 0.256 e. The number of benzene rings is 1. The van der Waals surface area contributed by atoms with Crippen molar-refractivity contribution in [2.75, 3.05) is 5.32 Å². The van der Waals surface area contributed by atoms with Crippen molar-refractivity contribution >= 4 is 27.7 Å². The summed E-state index contributed by atoms with van der Waals surface area (Å²) in [6.07, 6.45) is 1.74. The van der Waals surface area contributed by atoms with Crippen molar-refractivity contribution < 1.29 is 9.53 Å².